The summed E-state index contributed by atoms with van der Waals surface area (Å²) in [6.45, 7) is 1.58. The summed E-state index contributed by atoms with van der Waals surface area (Å²) >= 11 is 0. The van der Waals surface area contributed by atoms with E-state index in [0.717, 1.165) is 0 Å². The summed E-state index contributed by atoms with van der Waals surface area (Å²) in [5, 5.41) is 5.76. The van der Waals surface area contributed by atoms with Crippen molar-refractivity contribution in [2.75, 3.05) is 12.4 Å². The van der Waals surface area contributed by atoms with Crippen molar-refractivity contribution < 1.29 is 32.0 Å². The minimum Gasteiger partial charge on any atom is -0.495 e. The molecule has 0 aliphatic carbocycles. The minimum atomic E-state index is -4.75. The van der Waals surface area contributed by atoms with Crippen LogP contribution in [0.15, 0.2) is 35.2 Å². The van der Waals surface area contributed by atoms with Crippen LogP contribution in [0.5, 0.6) is 5.75 Å². The first kappa shape index (κ1) is 20.0. The van der Waals surface area contributed by atoms with E-state index < -0.39 is 18.2 Å². The predicted octanol–water partition coefficient (Wildman–Crippen LogP) is 3.61. The molecule has 0 radical (unpaired) electrons. The van der Waals surface area contributed by atoms with Crippen LogP contribution in [0.2, 0.25) is 0 Å². The first-order chi connectivity index (χ1) is 13.8. The second-order valence-corrected chi connectivity index (χ2v) is 5.74. The van der Waals surface area contributed by atoms with Gasteiger partial charge in [-0.05, 0) is 24.6 Å². The number of ether oxygens (including phenoxy) is 2. The predicted molar refractivity (Wildman–Crippen MR) is 91.9 cm³/mol. The molecule has 0 aliphatic rings. The highest BCUT2D eigenvalue weighted by atomic mass is 19.4. The Morgan fingerprint density at radius 3 is 2.69 bits per heavy atom. The zero-order chi connectivity index (χ0) is 21.0. The van der Waals surface area contributed by atoms with E-state index in [4.69, 9.17) is 9.47 Å². The van der Waals surface area contributed by atoms with Crippen LogP contribution in [0.4, 0.5) is 23.7 Å². The minimum absolute atomic E-state index is 0.0380. The van der Waals surface area contributed by atoms with Crippen molar-refractivity contribution in [3.05, 3.63) is 47.7 Å². The molecule has 0 aromatic carbocycles. The fourth-order valence-electron chi connectivity index (χ4n) is 2.20. The van der Waals surface area contributed by atoms with E-state index >= 15 is 0 Å². The maximum Gasteiger partial charge on any atom is 0.471 e. The van der Waals surface area contributed by atoms with Crippen LogP contribution in [0.25, 0.3) is 11.5 Å². The van der Waals surface area contributed by atoms with Gasteiger partial charge in [0.2, 0.25) is 5.82 Å². The Labute approximate surface area is 161 Å². The molecule has 152 valence electrons. The van der Waals surface area contributed by atoms with Gasteiger partial charge in [-0.1, -0.05) is 5.16 Å². The molecule has 0 saturated heterocycles. The molecule has 0 spiro atoms. The molecule has 12 heteroatoms. The smallest absolute Gasteiger partial charge is 0.471 e. The number of anilines is 1. The molecule has 0 fully saturated rings. The van der Waals surface area contributed by atoms with Crippen LogP contribution in [-0.2, 0) is 17.5 Å². The normalized spacial score (nSPS) is 11.2. The summed E-state index contributed by atoms with van der Waals surface area (Å²) < 4.78 is 52.0. The highest BCUT2D eigenvalue weighted by molar-refractivity contribution is 5.85. The Balaban J connectivity index is 1.64. The number of pyridine rings is 2. The molecule has 1 N–H and O–H groups in total. The standard InChI is InChI=1S/C17H14F3N5O4/c1-9-3-12(14-24-15(29-25-14)17(18,19)20)22-7-13(9)23-16(26)28-8-10-4-11(27-2)6-21-5-10/h3-7H,8H2,1-2H3,(H,23,26). The van der Waals surface area contributed by atoms with Crippen molar-refractivity contribution >= 4 is 11.8 Å². The zero-order valence-electron chi connectivity index (χ0n) is 15.1. The number of methoxy groups -OCH3 is 1. The van der Waals surface area contributed by atoms with E-state index in [-0.39, 0.29) is 18.1 Å². The molecule has 0 unspecified atom stereocenters. The highest BCUT2D eigenvalue weighted by Gasteiger charge is 2.38. The lowest BCUT2D eigenvalue weighted by molar-refractivity contribution is -0.159. The van der Waals surface area contributed by atoms with Crippen molar-refractivity contribution in [1.82, 2.24) is 20.1 Å². The highest BCUT2D eigenvalue weighted by Crippen LogP contribution is 2.29. The number of aromatic nitrogens is 4. The number of amides is 1. The number of halogens is 3. The first-order valence-corrected chi connectivity index (χ1v) is 8.06. The van der Waals surface area contributed by atoms with Gasteiger partial charge >= 0.3 is 18.2 Å². The largest absolute Gasteiger partial charge is 0.495 e. The third kappa shape index (κ3) is 4.97. The number of hydrogen-bond acceptors (Lipinski definition) is 8. The van der Waals surface area contributed by atoms with Crippen LogP contribution < -0.4 is 10.1 Å². The van der Waals surface area contributed by atoms with Crippen molar-refractivity contribution in [2.45, 2.75) is 19.7 Å². The Bertz CT molecular complexity index is 1020. The Morgan fingerprint density at radius 2 is 2.03 bits per heavy atom. The summed E-state index contributed by atoms with van der Waals surface area (Å²) in [7, 11) is 1.49. The van der Waals surface area contributed by atoms with E-state index in [1.807, 2.05) is 0 Å². The summed E-state index contributed by atoms with van der Waals surface area (Å²) in [5.41, 5.74) is 1.50. The molecule has 9 nitrogen and oxygen atoms in total. The number of carbonyl (C=O) groups is 1. The molecule has 3 heterocycles. The number of hydrogen-bond donors (Lipinski definition) is 1. The van der Waals surface area contributed by atoms with Crippen LogP contribution >= 0.6 is 0 Å². The van der Waals surface area contributed by atoms with Crippen molar-refractivity contribution in [1.29, 1.82) is 0 Å². The lowest BCUT2D eigenvalue weighted by Gasteiger charge is -2.10. The molecule has 0 saturated carbocycles. The average molecular weight is 409 g/mol. The fourth-order valence-corrected chi connectivity index (χ4v) is 2.20. The SMILES string of the molecule is COc1cncc(COC(=O)Nc2cnc(-c3noc(C(F)(F)F)n3)cc2C)c1. The van der Waals surface area contributed by atoms with Crippen LogP contribution in [0, 0.1) is 6.92 Å². The number of alkyl halides is 3. The van der Waals surface area contributed by atoms with Gasteiger partial charge in [-0.25, -0.2) is 4.79 Å². The van der Waals surface area contributed by atoms with Gasteiger partial charge in [-0.3, -0.25) is 15.3 Å². The molecular weight excluding hydrogens is 395 g/mol. The molecule has 1 amide bonds. The molecule has 0 atom stereocenters. The first-order valence-electron chi connectivity index (χ1n) is 8.06. The lowest BCUT2D eigenvalue weighted by atomic mass is 10.2. The molecule has 0 aliphatic heterocycles. The maximum atomic E-state index is 12.6. The Morgan fingerprint density at radius 1 is 1.24 bits per heavy atom. The van der Waals surface area contributed by atoms with Crippen LogP contribution in [0.1, 0.15) is 17.0 Å². The quantitative estimate of drug-likeness (QED) is 0.680. The van der Waals surface area contributed by atoms with Gasteiger partial charge in [0.25, 0.3) is 0 Å². The number of nitrogens with zero attached hydrogens (tertiary/aromatic N) is 4. The summed E-state index contributed by atoms with van der Waals surface area (Å²) in [6, 6.07) is 3.08. The van der Waals surface area contributed by atoms with Gasteiger partial charge in [0.15, 0.2) is 0 Å². The van der Waals surface area contributed by atoms with E-state index in [1.54, 1.807) is 13.0 Å². The molecule has 3 aromatic heterocycles. The van der Waals surface area contributed by atoms with Crippen molar-refractivity contribution in [2.24, 2.45) is 0 Å². The average Bonchev–Trinajstić information content (AvgIpc) is 3.19. The number of carbonyl (C=O) groups excluding carboxylic acids is 1. The topological polar surface area (TPSA) is 112 Å². The van der Waals surface area contributed by atoms with Gasteiger partial charge in [-0.15, -0.1) is 0 Å². The summed E-state index contributed by atoms with van der Waals surface area (Å²) in [4.78, 5) is 23.2. The third-order valence-corrected chi connectivity index (χ3v) is 3.62. The van der Waals surface area contributed by atoms with Gasteiger partial charge in [0, 0.05) is 11.8 Å². The maximum absolute atomic E-state index is 12.6. The monoisotopic (exact) mass is 409 g/mol. The second-order valence-electron chi connectivity index (χ2n) is 5.74. The third-order valence-electron chi connectivity index (χ3n) is 3.62. The van der Waals surface area contributed by atoms with E-state index in [1.165, 1.54) is 31.8 Å². The van der Waals surface area contributed by atoms with Crippen molar-refractivity contribution in [3.63, 3.8) is 0 Å². The summed E-state index contributed by atoms with van der Waals surface area (Å²) in [5.74, 6) is -1.26. The second kappa shape index (κ2) is 8.12. The van der Waals surface area contributed by atoms with Crippen LogP contribution in [-0.4, -0.2) is 33.3 Å². The van der Waals surface area contributed by atoms with Gasteiger partial charge in [0.05, 0.1) is 25.2 Å². The van der Waals surface area contributed by atoms with Crippen molar-refractivity contribution in [3.8, 4) is 17.3 Å². The van der Waals surface area contributed by atoms with Gasteiger partial charge in [0.1, 0.15) is 18.1 Å². The van der Waals surface area contributed by atoms with E-state index in [2.05, 4.69) is 29.9 Å². The summed E-state index contributed by atoms with van der Waals surface area (Å²) in [6.07, 6.45) is -1.20. The lowest BCUT2D eigenvalue weighted by Crippen LogP contribution is -2.14. The molecule has 0 bridgehead atoms. The number of nitrogens with one attached hydrogen (secondary N) is 1. The van der Waals surface area contributed by atoms with E-state index in [0.29, 0.717) is 22.6 Å². The molecule has 3 aromatic rings. The molecule has 29 heavy (non-hydrogen) atoms. The van der Waals surface area contributed by atoms with Gasteiger partial charge in [-0.2, -0.15) is 18.2 Å². The number of aryl methyl sites for hydroxylation is 1. The van der Waals surface area contributed by atoms with E-state index in [9.17, 15) is 18.0 Å². The fraction of sp³-hybridized carbons (Fsp3) is 0.235. The molecular formula is C17H14F3N5O4. The van der Waals surface area contributed by atoms with Gasteiger partial charge < -0.3 is 14.0 Å². The Hall–Kier alpha value is -3.70. The number of rotatable bonds is 5. The molecule has 3 rings (SSSR count). The van der Waals surface area contributed by atoms with Crippen LogP contribution in [0.3, 0.4) is 0 Å². The Kier molecular flexibility index (Phi) is 5.61. The zero-order valence-corrected chi connectivity index (χ0v) is 15.1.